The number of aliphatic carboxylic acids is 1. The molecule has 0 aromatic carbocycles. The maximum Gasteiger partial charge on any atom is 0.303 e. The summed E-state index contributed by atoms with van der Waals surface area (Å²) >= 11 is 0. The zero-order chi connectivity index (χ0) is 12.2. The molecule has 2 N–H and O–H groups in total. The number of carboxylic acids is 1. The Bertz CT molecular complexity index is 332. The number of sulfonamides is 1. The van der Waals surface area contributed by atoms with Crippen LogP contribution < -0.4 is 0 Å². The van der Waals surface area contributed by atoms with Crippen molar-refractivity contribution in [2.75, 3.05) is 18.8 Å². The lowest BCUT2D eigenvalue weighted by Crippen LogP contribution is -2.41. The van der Waals surface area contributed by atoms with Crippen LogP contribution in [0.5, 0.6) is 0 Å². The molecule has 1 rings (SSSR count). The molecule has 0 aromatic rings. The van der Waals surface area contributed by atoms with Gasteiger partial charge in [-0.15, -0.1) is 0 Å². The normalized spacial score (nSPS) is 19.8. The first-order valence-electron chi connectivity index (χ1n) is 5.29. The van der Waals surface area contributed by atoms with Crippen molar-refractivity contribution in [2.45, 2.75) is 31.8 Å². The minimum absolute atomic E-state index is 0.129. The van der Waals surface area contributed by atoms with Gasteiger partial charge in [-0.1, -0.05) is 0 Å². The first kappa shape index (κ1) is 13.4. The molecular formula is C9H17NO5S. The quantitative estimate of drug-likeness (QED) is 0.695. The van der Waals surface area contributed by atoms with Crippen molar-refractivity contribution in [3.05, 3.63) is 0 Å². The Morgan fingerprint density at radius 1 is 1.31 bits per heavy atom. The number of piperidine rings is 1. The van der Waals surface area contributed by atoms with E-state index in [-0.39, 0.29) is 18.6 Å². The molecule has 16 heavy (non-hydrogen) atoms. The summed E-state index contributed by atoms with van der Waals surface area (Å²) < 4.78 is 24.8. The van der Waals surface area contributed by atoms with Gasteiger partial charge >= 0.3 is 5.97 Å². The average molecular weight is 251 g/mol. The lowest BCUT2D eigenvalue weighted by molar-refractivity contribution is -0.137. The van der Waals surface area contributed by atoms with E-state index in [4.69, 9.17) is 5.11 Å². The second kappa shape index (κ2) is 5.60. The fourth-order valence-electron chi connectivity index (χ4n) is 1.66. The molecule has 1 aliphatic heterocycles. The highest BCUT2D eigenvalue weighted by Gasteiger charge is 2.26. The summed E-state index contributed by atoms with van der Waals surface area (Å²) in [5, 5.41) is 17.7. The summed E-state index contributed by atoms with van der Waals surface area (Å²) in [6, 6.07) is 0. The molecule has 0 aromatic heterocycles. The summed E-state index contributed by atoms with van der Waals surface area (Å²) in [6.07, 6.45) is 0.508. The van der Waals surface area contributed by atoms with E-state index >= 15 is 0 Å². The number of rotatable bonds is 5. The van der Waals surface area contributed by atoms with Gasteiger partial charge in [0.05, 0.1) is 11.9 Å². The van der Waals surface area contributed by atoms with Gasteiger partial charge in [-0.3, -0.25) is 4.79 Å². The van der Waals surface area contributed by atoms with Crippen LogP contribution in [0.2, 0.25) is 0 Å². The molecule has 0 bridgehead atoms. The smallest absolute Gasteiger partial charge is 0.303 e. The van der Waals surface area contributed by atoms with Crippen molar-refractivity contribution >= 4 is 16.0 Å². The third-order valence-electron chi connectivity index (χ3n) is 2.61. The summed E-state index contributed by atoms with van der Waals surface area (Å²) in [5.74, 6) is -1.11. The Labute approximate surface area is 94.9 Å². The van der Waals surface area contributed by atoms with Crippen LogP contribution in [0.4, 0.5) is 0 Å². The largest absolute Gasteiger partial charge is 0.481 e. The van der Waals surface area contributed by atoms with E-state index in [1.807, 2.05) is 0 Å². The van der Waals surface area contributed by atoms with Gasteiger partial charge in [-0.25, -0.2) is 12.7 Å². The van der Waals surface area contributed by atoms with E-state index in [2.05, 4.69) is 0 Å². The van der Waals surface area contributed by atoms with E-state index in [9.17, 15) is 18.3 Å². The third-order valence-corrected chi connectivity index (χ3v) is 4.57. The Morgan fingerprint density at radius 2 is 1.88 bits per heavy atom. The molecule has 0 unspecified atom stereocenters. The SMILES string of the molecule is O=C(O)CCCS(=O)(=O)N1CCC(O)CC1. The van der Waals surface area contributed by atoms with Crippen molar-refractivity contribution in [1.29, 1.82) is 0 Å². The zero-order valence-corrected chi connectivity index (χ0v) is 9.82. The van der Waals surface area contributed by atoms with Gasteiger partial charge in [0.2, 0.25) is 10.0 Å². The van der Waals surface area contributed by atoms with Crippen molar-refractivity contribution in [1.82, 2.24) is 4.31 Å². The monoisotopic (exact) mass is 251 g/mol. The maximum atomic E-state index is 11.7. The van der Waals surface area contributed by atoms with Gasteiger partial charge < -0.3 is 10.2 Å². The molecular weight excluding hydrogens is 234 g/mol. The highest BCUT2D eigenvalue weighted by atomic mass is 32.2. The molecule has 0 saturated carbocycles. The fraction of sp³-hybridized carbons (Fsp3) is 0.889. The van der Waals surface area contributed by atoms with Gasteiger partial charge in [0.25, 0.3) is 0 Å². The third kappa shape index (κ3) is 4.07. The van der Waals surface area contributed by atoms with Gasteiger partial charge in [-0.2, -0.15) is 0 Å². The van der Waals surface area contributed by atoms with E-state index in [1.165, 1.54) is 4.31 Å². The molecule has 0 amide bonds. The first-order chi connectivity index (χ1) is 7.42. The zero-order valence-electron chi connectivity index (χ0n) is 9.00. The molecule has 1 saturated heterocycles. The second-order valence-electron chi connectivity index (χ2n) is 3.94. The molecule has 1 aliphatic rings. The molecule has 94 valence electrons. The van der Waals surface area contributed by atoms with Gasteiger partial charge in [0.1, 0.15) is 0 Å². The van der Waals surface area contributed by atoms with Gasteiger partial charge in [0, 0.05) is 19.5 Å². The van der Waals surface area contributed by atoms with Crippen LogP contribution >= 0.6 is 0 Å². The second-order valence-corrected chi connectivity index (χ2v) is 6.03. The predicted molar refractivity (Wildman–Crippen MR) is 57.5 cm³/mol. The number of aliphatic hydroxyl groups excluding tert-OH is 1. The maximum absolute atomic E-state index is 11.7. The summed E-state index contributed by atoms with van der Waals surface area (Å²) in [4.78, 5) is 10.3. The van der Waals surface area contributed by atoms with Crippen molar-refractivity contribution in [2.24, 2.45) is 0 Å². The summed E-state index contributed by atoms with van der Waals surface area (Å²) in [6.45, 7) is 0.660. The minimum Gasteiger partial charge on any atom is -0.481 e. The molecule has 0 radical (unpaired) electrons. The molecule has 6 nitrogen and oxygen atoms in total. The Hall–Kier alpha value is -0.660. The number of nitrogens with zero attached hydrogens (tertiary/aromatic N) is 1. The Kier molecular flexibility index (Phi) is 4.69. The molecule has 1 fully saturated rings. The van der Waals surface area contributed by atoms with Gasteiger partial charge in [-0.05, 0) is 19.3 Å². The highest BCUT2D eigenvalue weighted by molar-refractivity contribution is 7.89. The molecule has 0 aliphatic carbocycles. The van der Waals surface area contributed by atoms with Crippen LogP contribution in [0.15, 0.2) is 0 Å². The molecule has 1 heterocycles. The van der Waals surface area contributed by atoms with E-state index in [0.717, 1.165) is 0 Å². The van der Waals surface area contributed by atoms with Gasteiger partial charge in [0.15, 0.2) is 0 Å². The number of hydrogen-bond donors (Lipinski definition) is 2. The van der Waals surface area contributed by atoms with Crippen molar-refractivity contribution in [3.63, 3.8) is 0 Å². The van der Waals surface area contributed by atoms with Crippen LogP contribution in [0.25, 0.3) is 0 Å². The van der Waals surface area contributed by atoms with E-state index in [0.29, 0.717) is 25.9 Å². The van der Waals surface area contributed by atoms with Crippen molar-refractivity contribution < 1.29 is 23.4 Å². The minimum atomic E-state index is -3.34. The number of aliphatic hydroxyl groups is 1. The lowest BCUT2D eigenvalue weighted by atomic mass is 10.1. The Balaban J connectivity index is 2.41. The summed E-state index contributed by atoms with van der Waals surface area (Å²) in [7, 11) is -3.34. The van der Waals surface area contributed by atoms with Crippen LogP contribution in [0.3, 0.4) is 0 Å². The average Bonchev–Trinajstić information content (AvgIpc) is 2.17. The topological polar surface area (TPSA) is 94.9 Å². The summed E-state index contributed by atoms with van der Waals surface area (Å²) in [5.41, 5.74) is 0. The number of carbonyl (C=O) groups is 1. The number of hydrogen-bond acceptors (Lipinski definition) is 4. The molecule has 7 heteroatoms. The molecule has 0 spiro atoms. The van der Waals surface area contributed by atoms with Crippen LogP contribution in [0, 0.1) is 0 Å². The standard InChI is InChI=1S/C9H17NO5S/c11-8-3-5-10(6-4-8)16(14,15)7-1-2-9(12)13/h8,11H,1-7H2,(H,12,13). The fourth-order valence-corrected chi connectivity index (χ4v) is 3.19. The van der Waals surface area contributed by atoms with Crippen LogP contribution in [-0.2, 0) is 14.8 Å². The highest BCUT2D eigenvalue weighted by Crippen LogP contribution is 2.15. The van der Waals surface area contributed by atoms with E-state index in [1.54, 1.807) is 0 Å². The lowest BCUT2D eigenvalue weighted by Gasteiger charge is -2.28. The molecule has 0 atom stereocenters. The predicted octanol–water partition coefficient (Wildman–Crippen LogP) is -0.362. The van der Waals surface area contributed by atoms with Crippen LogP contribution in [0.1, 0.15) is 25.7 Å². The first-order valence-corrected chi connectivity index (χ1v) is 6.90. The Morgan fingerprint density at radius 3 is 2.38 bits per heavy atom. The van der Waals surface area contributed by atoms with Crippen LogP contribution in [-0.4, -0.2) is 53.9 Å². The number of carboxylic acid groups (broad SMARTS) is 1. The van der Waals surface area contributed by atoms with Crippen molar-refractivity contribution in [3.8, 4) is 0 Å². The van der Waals surface area contributed by atoms with E-state index < -0.39 is 22.1 Å².